The average molecular weight is 323 g/mol. The maximum Gasteiger partial charge on any atom is 0.188 e. The molecular weight excluding hydrogens is 320 g/mol. The van der Waals surface area contributed by atoms with Gasteiger partial charge in [0.2, 0.25) is 0 Å². The summed E-state index contributed by atoms with van der Waals surface area (Å²) in [5.74, 6) is 0. The molecule has 0 spiro atoms. The van der Waals surface area contributed by atoms with E-state index in [1.807, 2.05) is 0 Å². The van der Waals surface area contributed by atoms with Crippen molar-refractivity contribution in [3.63, 3.8) is 0 Å². The van der Waals surface area contributed by atoms with Gasteiger partial charge >= 0.3 is 0 Å². The van der Waals surface area contributed by atoms with Crippen LogP contribution in [0.1, 0.15) is 6.42 Å². The summed E-state index contributed by atoms with van der Waals surface area (Å²) >= 11 is 40.8. The van der Waals surface area contributed by atoms with Crippen LogP contribution < -0.4 is 0 Å². The summed E-state index contributed by atoms with van der Waals surface area (Å²) in [6, 6.07) is 0. The Kier molecular flexibility index (Phi) is 3.92. The van der Waals surface area contributed by atoms with E-state index in [1.54, 1.807) is 0 Å². The highest BCUT2D eigenvalue weighted by Crippen LogP contribution is 2.57. The molecule has 0 nitrogen and oxygen atoms in total. The smallest absolute Gasteiger partial charge is 0.119 e. The molecule has 0 heterocycles. The molecular formula is C6H3Cl7. The van der Waals surface area contributed by atoms with Crippen LogP contribution in [-0.2, 0) is 0 Å². The number of hydrogen-bond donors (Lipinski definition) is 0. The van der Waals surface area contributed by atoms with Gasteiger partial charge in [-0.3, -0.25) is 0 Å². The number of alkyl halides is 5. The minimum Gasteiger partial charge on any atom is -0.119 e. The summed E-state index contributed by atoms with van der Waals surface area (Å²) in [6.45, 7) is 0. The maximum atomic E-state index is 5.87. The summed E-state index contributed by atoms with van der Waals surface area (Å²) < 4.78 is -3.22. The highest BCUT2D eigenvalue weighted by molar-refractivity contribution is 6.69. The van der Waals surface area contributed by atoms with Crippen molar-refractivity contribution in [2.45, 2.75) is 20.5 Å². The summed E-state index contributed by atoms with van der Waals surface area (Å²) in [5.41, 5.74) is 0. The first-order valence-corrected chi connectivity index (χ1v) is 5.86. The van der Waals surface area contributed by atoms with Crippen LogP contribution in [0.25, 0.3) is 0 Å². The maximum absolute atomic E-state index is 5.87. The zero-order valence-corrected chi connectivity index (χ0v) is 11.2. The molecule has 0 aliphatic heterocycles. The van der Waals surface area contributed by atoms with Gasteiger partial charge in [-0.15, -0.1) is 11.6 Å². The van der Waals surface area contributed by atoms with E-state index in [1.165, 1.54) is 0 Å². The van der Waals surface area contributed by atoms with E-state index in [4.69, 9.17) is 81.2 Å². The molecule has 0 amide bonds. The Morgan fingerprint density at radius 2 is 1.54 bits per heavy atom. The highest BCUT2D eigenvalue weighted by Gasteiger charge is 2.57. The van der Waals surface area contributed by atoms with Crippen LogP contribution >= 0.6 is 81.2 Å². The molecule has 0 fully saturated rings. The number of allylic oxidation sites excluding steroid dienone is 2. The summed E-state index contributed by atoms with van der Waals surface area (Å²) in [6.07, 6.45) is 0.246. The average Bonchev–Trinajstić information content (AvgIpc) is 2.00. The van der Waals surface area contributed by atoms with E-state index in [9.17, 15) is 0 Å². The Balaban J connectivity index is 3.22. The number of rotatable bonds is 0. The van der Waals surface area contributed by atoms with E-state index in [-0.39, 0.29) is 16.5 Å². The van der Waals surface area contributed by atoms with Gasteiger partial charge in [0.1, 0.15) is 0 Å². The lowest BCUT2D eigenvalue weighted by molar-refractivity contribution is 0.647. The third-order valence-corrected chi connectivity index (χ3v) is 5.99. The molecule has 0 radical (unpaired) electrons. The third kappa shape index (κ3) is 2.01. The normalized spacial score (nSPS) is 32.1. The molecule has 1 aliphatic rings. The molecule has 76 valence electrons. The molecule has 0 aromatic heterocycles. The minimum atomic E-state index is -1.67. The van der Waals surface area contributed by atoms with Gasteiger partial charge in [-0.1, -0.05) is 69.6 Å². The van der Waals surface area contributed by atoms with Gasteiger partial charge in [0.25, 0.3) is 0 Å². The molecule has 1 rings (SSSR count). The van der Waals surface area contributed by atoms with Crippen molar-refractivity contribution in [1.29, 1.82) is 0 Å². The van der Waals surface area contributed by atoms with Crippen molar-refractivity contribution in [2.24, 2.45) is 0 Å². The van der Waals surface area contributed by atoms with Crippen LogP contribution in [0, 0.1) is 0 Å². The van der Waals surface area contributed by atoms with Crippen LogP contribution in [0.15, 0.2) is 10.1 Å². The molecule has 0 aromatic carbocycles. The van der Waals surface area contributed by atoms with Crippen molar-refractivity contribution in [1.82, 2.24) is 0 Å². The monoisotopic (exact) mass is 320 g/mol. The SMILES string of the molecule is ClC1=C(Cl)C(Cl)(Cl)C(Cl)(Cl)C(Cl)C1. The quantitative estimate of drug-likeness (QED) is 0.548. The van der Waals surface area contributed by atoms with Crippen molar-refractivity contribution in [3.05, 3.63) is 10.1 Å². The molecule has 1 atom stereocenters. The summed E-state index contributed by atoms with van der Waals surface area (Å²) in [5, 5.41) is -0.371. The van der Waals surface area contributed by atoms with Gasteiger partial charge < -0.3 is 0 Å². The van der Waals surface area contributed by atoms with Gasteiger partial charge in [-0.05, 0) is 0 Å². The van der Waals surface area contributed by atoms with Gasteiger partial charge in [0, 0.05) is 11.5 Å². The Hall–Kier alpha value is 1.77. The Morgan fingerprint density at radius 3 is 2.00 bits per heavy atom. The molecule has 0 saturated heterocycles. The lowest BCUT2D eigenvalue weighted by Gasteiger charge is -2.39. The van der Waals surface area contributed by atoms with E-state index in [0.717, 1.165) is 0 Å². The lowest BCUT2D eigenvalue weighted by Crippen LogP contribution is -2.47. The van der Waals surface area contributed by atoms with Crippen molar-refractivity contribution in [2.75, 3.05) is 0 Å². The zero-order valence-electron chi connectivity index (χ0n) is 5.93. The molecule has 0 saturated carbocycles. The number of halogens is 7. The van der Waals surface area contributed by atoms with E-state index in [2.05, 4.69) is 0 Å². The predicted molar refractivity (Wildman–Crippen MR) is 61.9 cm³/mol. The van der Waals surface area contributed by atoms with Crippen molar-refractivity contribution in [3.8, 4) is 0 Å². The second kappa shape index (κ2) is 3.97. The fourth-order valence-electron chi connectivity index (χ4n) is 0.889. The molecule has 13 heavy (non-hydrogen) atoms. The van der Waals surface area contributed by atoms with Crippen molar-refractivity contribution >= 4 is 81.2 Å². The van der Waals surface area contributed by atoms with Crippen LogP contribution in [0.3, 0.4) is 0 Å². The van der Waals surface area contributed by atoms with Crippen LogP contribution in [0.4, 0.5) is 0 Å². The molecule has 0 aromatic rings. The fraction of sp³-hybridized carbons (Fsp3) is 0.667. The lowest BCUT2D eigenvalue weighted by atomic mass is 10.0. The first kappa shape index (κ1) is 12.8. The summed E-state index contributed by atoms with van der Waals surface area (Å²) in [7, 11) is 0. The second-order valence-corrected chi connectivity index (χ2v) is 6.66. The summed E-state index contributed by atoms with van der Waals surface area (Å²) in [4.78, 5) is 0. The van der Waals surface area contributed by atoms with Gasteiger partial charge in [0.05, 0.1) is 10.4 Å². The van der Waals surface area contributed by atoms with E-state index < -0.39 is 14.0 Å². The Morgan fingerprint density at radius 1 is 1.08 bits per heavy atom. The topological polar surface area (TPSA) is 0 Å². The first-order chi connectivity index (χ1) is 5.71. The number of hydrogen-bond acceptors (Lipinski definition) is 0. The molecule has 7 heteroatoms. The van der Waals surface area contributed by atoms with E-state index in [0.29, 0.717) is 0 Å². The van der Waals surface area contributed by atoms with Crippen LogP contribution in [0.2, 0.25) is 0 Å². The molecule has 1 aliphatic carbocycles. The van der Waals surface area contributed by atoms with Gasteiger partial charge in [0.15, 0.2) is 8.67 Å². The second-order valence-electron chi connectivity index (χ2n) is 2.59. The van der Waals surface area contributed by atoms with Crippen LogP contribution in [0.5, 0.6) is 0 Å². The first-order valence-electron chi connectivity index (χ1n) is 3.15. The molecule has 0 N–H and O–H groups in total. The Labute approximate surface area is 111 Å². The molecule has 0 bridgehead atoms. The zero-order chi connectivity index (χ0) is 10.4. The Bertz CT molecular complexity index is 254. The predicted octanol–water partition coefficient (Wildman–Crippen LogP) is 5.03. The van der Waals surface area contributed by atoms with Gasteiger partial charge in [-0.2, -0.15) is 0 Å². The third-order valence-electron chi connectivity index (χ3n) is 1.68. The minimum absolute atomic E-state index is 0.0272. The van der Waals surface area contributed by atoms with Crippen molar-refractivity contribution < 1.29 is 0 Å². The largest absolute Gasteiger partial charge is 0.188 e. The molecule has 1 unspecified atom stereocenters. The fourth-order valence-corrected chi connectivity index (χ4v) is 2.95. The van der Waals surface area contributed by atoms with Gasteiger partial charge in [-0.25, -0.2) is 0 Å². The van der Waals surface area contributed by atoms with Crippen LogP contribution in [-0.4, -0.2) is 14.0 Å². The highest BCUT2D eigenvalue weighted by atomic mass is 35.5. The standard InChI is InChI=1S/C6H3Cl7/c7-2-1-3(8)5(10,11)6(12,13)4(2)9/h3H,1H2. The van der Waals surface area contributed by atoms with E-state index >= 15 is 0 Å².